The Morgan fingerprint density at radius 2 is 0.573 bits per heavy atom. The van der Waals surface area contributed by atoms with Gasteiger partial charge >= 0.3 is 11.9 Å². The largest absolute Gasteiger partial charge is 0.423 e. The van der Waals surface area contributed by atoms with Crippen LogP contribution in [0.5, 0.6) is 11.5 Å². The third kappa shape index (κ3) is 40.9. The van der Waals surface area contributed by atoms with E-state index in [-0.39, 0.29) is 31.3 Å². The van der Waals surface area contributed by atoms with Gasteiger partial charge in [-0.15, -0.1) is 0 Å². The summed E-state index contributed by atoms with van der Waals surface area (Å²) in [5.41, 5.74) is 13.3. The van der Waals surface area contributed by atoms with E-state index in [0.717, 1.165) is 33.4 Å². The Morgan fingerprint density at radius 1 is 0.301 bits per heavy atom. The highest BCUT2D eigenvalue weighted by atomic mass is 16.7. The van der Waals surface area contributed by atoms with Crippen LogP contribution in [0.2, 0.25) is 0 Å². The first-order valence-electron chi connectivity index (χ1n) is 31.5. The number of carbonyl (C=O) groups is 15. The van der Waals surface area contributed by atoms with Gasteiger partial charge in [0.1, 0.15) is 12.2 Å². The van der Waals surface area contributed by atoms with Crippen LogP contribution in [-0.2, 0) is 106 Å². The van der Waals surface area contributed by atoms with Gasteiger partial charge < -0.3 is 52.5 Å². The normalized spacial score (nSPS) is 9.43. The maximum Gasteiger partial charge on any atom is 0.343 e. The highest BCUT2D eigenvalue weighted by Crippen LogP contribution is 2.15. The molecule has 26 heteroatoms. The summed E-state index contributed by atoms with van der Waals surface area (Å²) in [5, 5.41) is 17.6. The number of hydrogen-bond acceptors (Lipinski definition) is 18. The molecule has 8 amide bonds. The highest BCUT2D eigenvalue weighted by molar-refractivity contribution is 6.37. The Bertz CT molecular complexity index is 3620. The summed E-state index contributed by atoms with van der Waals surface area (Å²) in [7, 11) is 1.51. The van der Waals surface area contributed by atoms with Crippen molar-refractivity contribution >= 4 is 87.9 Å². The van der Waals surface area contributed by atoms with Crippen LogP contribution in [0.3, 0.4) is 0 Å². The molecule has 10 N–H and O–H groups in total. The van der Waals surface area contributed by atoms with E-state index in [1.807, 2.05) is 169 Å². The molecule has 8 rings (SSSR count). The van der Waals surface area contributed by atoms with Crippen molar-refractivity contribution in [2.24, 2.45) is 5.73 Å². The van der Waals surface area contributed by atoms with Gasteiger partial charge in [0.15, 0.2) is 5.75 Å². The Hall–Kier alpha value is -13.2. The van der Waals surface area contributed by atoms with E-state index in [9.17, 15) is 71.9 Å². The van der Waals surface area contributed by atoms with E-state index >= 15 is 0 Å². The van der Waals surface area contributed by atoms with Crippen molar-refractivity contribution in [1.82, 2.24) is 42.7 Å². The molecule has 0 saturated carbocycles. The summed E-state index contributed by atoms with van der Waals surface area (Å²) in [6.07, 6.45) is -0.122. The average Bonchev–Trinajstić information content (AvgIpc) is 0.891. The molecule has 0 unspecified atom stereocenters. The standard InChI is InChI=1S/C17H16N2O4.C11H14N2O2.4C10H11NO2.C9H9NO3/c18-10-15(20)16(21)19-11-12-6-8-14(9-7-12)23-17(22)13-4-2-1-3-5-13;1-12-10(14)7-11(15)13-8-9-5-3-2-4-6-9;4*1-8(12)10(13)11-7-9-5-3-2-4-6-9;1-7(11)9(12)10-13-8-5-3-2-4-6-8/h1-9H,10-11,18H2,(H,19,21);2-6H,7-8H2,1H3,(H,12,14)(H,13,15);4*2-6H,7H2,1H3,(H,11,13);2-6H,1H3,(H,10,12). The van der Waals surface area contributed by atoms with E-state index in [1.165, 1.54) is 41.7 Å². The zero-order chi connectivity index (χ0) is 76.2. The summed E-state index contributed by atoms with van der Waals surface area (Å²) < 4.78 is 5.24. The second-order valence-corrected chi connectivity index (χ2v) is 21.1. The molecule has 0 heterocycles. The van der Waals surface area contributed by atoms with E-state index < -0.39 is 76.1 Å². The lowest BCUT2D eigenvalue weighted by Crippen LogP contribution is -2.34. The predicted octanol–water partition coefficient (Wildman–Crippen LogP) is 5.74. The van der Waals surface area contributed by atoms with E-state index in [0.29, 0.717) is 49.8 Å². The molecule has 0 bridgehead atoms. The molecule has 0 spiro atoms. The van der Waals surface area contributed by atoms with Gasteiger partial charge in [0.25, 0.3) is 29.5 Å². The number of Topliss-reactive ketones (excluding diaryl/α,β-unsaturated/α-hetero) is 6. The molecule has 0 aliphatic heterocycles. The first-order valence-corrected chi connectivity index (χ1v) is 31.5. The molecule has 538 valence electrons. The highest BCUT2D eigenvalue weighted by Gasteiger charge is 2.13. The fourth-order valence-corrected chi connectivity index (χ4v) is 7.16. The van der Waals surface area contributed by atoms with Gasteiger partial charge in [-0.3, -0.25) is 67.1 Å². The Kier molecular flexibility index (Phi) is 42.5. The van der Waals surface area contributed by atoms with Crippen LogP contribution in [-0.4, -0.2) is 102 Å². The van der Waals surface area contributed by atoms with Crippen molar-refractivity contribution in [1.29, 1.82) is 0 Å². The quantitative estimate of drug-likeness (QED) is 0.0108. The number of hydroxylamine groups is 1. The average molecular weight is 1410 g/mol. The number of carbonyl (C=O) groups excluding carboxylic acids is 15. The van der Waals surface area contributed by atoms with E-state index in [2.05, 4.69) is 37.2 Å². The number of ketones is 6. The fraction of sp³-hybridized carbons (Fsp3) is 0.182. The lowest BCUT2D eigenvalue weighted by molar-refractivity contribution is -0.140. The number of rotatable bonds is 25. The van der Waals surface area contributed by atoms with Gasteiger partial charge in [-0.05, 0) is 69.8 Å². The van der Waals surface area contributed by atoms with Crippen LogP contribution >= 0.6 is 0 Å². The molecule has 103 heavy (non-hydrogen) atoms. The van der Waals surface area contributed by atoms with E-state index in [1.54, 1.807) is 72.8 Å². The third-order valence-electron chi connectivity index (χ3n) is 12.8. The van der Waals surface area contributed by atoms with Crippen molar-refractivity contribution in [3.63, 3.8) is 0 Å². The zero-order valence-corrected chi connectivity index (χ0v) is 57.7. The van der Waals surface area contributed by atoms with Crippen molar-refractivity contribution in [2.75, 3.05) is 13.6 Å². The maximum atomic E-state index is 11.9. The molecule has 8 aromatic rings. The van der Waals surface area contributed by atoms with Crippen LogP contribution in [0.1, 0.15) is 84.8 Å². The van der Waals surface area contributed by atoms with Gasteiger partial charge in [-0.25, -0.2) is 4.79 Å². The molecule has 0 saturated heterocycles. The number of benzene rings is 8. The zero-order valence-electron chi connectivity index (χ0n) is 57.7. The topological polar surface area (TPSA) is 397 Å². The minimum atomic E-state index is -0.760. The van der Waals surface area contributed by atoms with Crippen LogP contribution in [0, 0.1) is 0 Å². The smallest absolute Gasteiger partial charge is 0.343 e. The third-order valence-corrected chi connectivity index (χ3v) is 12.8. The van der Waals surface area contributed by atoms with Crippen molar-refractivity contribution in [2.45, 2.75) is 80.3 Å². The van der Waals surface area contributed by atoms with Gasteiger partial charge in [0.2, 0.25) is 46.5 Å². The van der Waals surface area contributed by atoms with Gasteiger partial charge in [0.05, 0.1) is 12.1 Å². The number of esters is 1. The van der Waals surface area contributed by atoms with Gasteiger partial charge in [-0.2, -0.15) is 5.48 Å². The van der Waals surface area contributed by atoms with Crippen LogP contribution in [0.4, 0.5) is 0 Å². The Morgan fingerprint density at radius 3 is 0.864 bits per heavy atom. The Labute approximate surface area is 596 Å². The van der Waals surface area contributed by atoms with Crippen molar-refractivity contribution in [3.05, 3.63) is 276 Å². The van der Waals surface area contributed by atoms with Gasteiger partial charge in [0, 0.05) is 80.9 Å². The second-order valence-electron chi connectivity index (χ2n) is 21.1. The van der Waals surface area contributed by atoms with Gasteiger partial charge in [-0.1, -0.05) is 200 Å². The Balaban J connectivity index is 0.000000413. The monoisotopic (exact) mass is 1410 g/mol. The molecule has 26 nitrogen and oxygen atoms in total. The molecule has 0 aliphatic carbocycles. The summed E-state index contributed by atoms with van der Waals surface area (Å²) >= 11 is 0. The molecule has 0 aromatic heterocycles. The molecule has 0 atom stereocenters. The van der Waals surface area contributed by atoms with Crippen molar-refractivity contribution < 1.29 is 81.5 Å². The first-order chi connectivity index (χ1) is 49.3. The minimum absolute atomic E-state index is 0.122. The molecular weight excluding hydrogens is 1320 g/mol. The molecule has 0 radical (unpaired) electrons. The SMILES string of the molecule is CC(=O)C(=O)NCc1ccccc1.CC(=O)C(=O)NCc1ccccc1.CC(=O)C(=O)NCc1ccccc1.CC(=O)C(=O)NCc1ccccc1.CC(=O)C(=O)NOc1ccccc1.CNC(=O)CC(=O)NCc1ccccc1.NCC(=O)C(=O)NCc1ccc(OC(=O)c2ccccc2)cc1. The number of ether oxygens (including phenoxy) is 1. The summed E-state index contributed by atoms with van der Waals surface area (Å²) in [6, 6.07) is 71.3. The van der Waals surface area contributed by atoms with Crippen LogP contribution in [0.25, 0.3) is 0 Å². The predicted molar refractivity (Wildman–Crippen MR) is 382 cm³/mol. The lowest BCUT2D eigenvalue weighted by atomic mass is 10.2. The summed E-state index contributed by atoms with van der Waals surface area (Å²) in [6.45, 7) is 8.11. The second kappa shape index (κ2) is 51.0. The van der Waals surface area contributed by atoms with Crippen molar-refractivity contribution in [3.8, 4) is 11.5 Å². The molecule has 0 aliphatic rings. The molecule has 0 fully saturated rings. The number of hydrogen-bond donors (Lipinski definition) is 9. The lowest BCUT2D eigenvalue weighted by Gasteiger charge is -2.07. The number of nitrogens with one attached hydrogen (secondary N) is 8. The number of amides is 8. The summed E-state index contributed by atoms with van der Waals surface area (Å²) in [5.74, 6) is -6.84. The van der Waals surface area contributed by atoms with Crippen LogP contribution < -0.4 is 58.0 Å². The number of para-hydroxylation sites is 1. The molecular formula is C77H83N9O17. The minimum Gasteiger partial charge on any atom is -0.423 e. The van der Waals surface area contributed by atoms with E-state index in [4.69, 9.17) is 15.3 Å². The number of nitrogens with two attached hydrogens (primary N) is 1. The summed E-state index contributed by atoms with van der Waals surface area (Å²) in [4.78, 5) is 168. The molecule has 8 aromatic carbocycles. The van der Waals surface area contributed by atoms with Crippen LogP contribution in [0.15, 0.2) is 237 Å². The maximum absolute atomic E-state index is 11.9. The fourth-order valence-electron chi connectivity index (χ4n) is 7.16. The first kappa shape index (κ1) is 85.9.